The highest BCUT2D eigenvalue weighted by molar-refractivity contribution is 5.33. The van der Waals surface area contributed by atoms with Gasteiger partial charge in [0.2, 0.25) is 0 Å². The maximum atomic E-state index is 11.9. The van der Waals surface area contributed by atoms with Crippen molar-refractivity contribution in [2.45, 2.75) is 30.8 Å². The molecule has 2 nitrogen and oxygen atoms in total. The van der Waals surface area contributed by atoms with Crippen LogP contribution in [0.4, 0.5) is 0 Å². The van der Waals surface area contributed by atoms with Crippen molar-refractivity contribution in [2.75, 3.05) is 20.6 Å². The Kier molecular flexibility index (Phi) is 4.84. The third-order valence-electron chi connectivity index (χ3n) is 5.22. The van der Waals surface area contributed by atoms with Gasteiger partial charge in [-0.25, -0.2) is 0 Å². The van der Waals surface area contributed by atoms with Gasteiger partial charge >= 0.3 is 0 Å². The molecule has 122 valence electrons. The van der Waals surface area contributed by atoms with Gasteiger partial charge < -0.3 is 10.0 Å². The number of hydrogen-bond donors (Lipinski definition) is 1. The van der Waals surface area contributed by atoms with E-state index in [1.807, 2.05) is 24.3 Å². The van der Waals surface area contributed by atoms with Crippen molar-refractivity contribution in [3.63, 3.8) is 0 Å². The van der Waals surface area contributed by atoms with Gasteiger partial charge in [-0.2, -0.15) is 0 Å². The lowest BCUT2D eigenvalue weighted by atomic mass is 9.63. The lowest BCUT2D eigenvalue weighted by molar-refractivity contribution is -0.0803. The lowest BCUT2D eigenvalue weighted by Crippen LogP contribution is -2.47. The fraction of sp³-hybridized carbons (Fsp3) is 0.429. The molecule has 3 rings (SSSR count). The average molecular weight is 309 g/mol. The van der Waals surface area contributed by atoms with E-state index in [9.17, 15) is 5.11 Å². The molecule has 23 heavy (non-hydrogen) atoms. The van der Waals surface area contributed by atoms with Crippen LogP contribution in [0.15, 0.2) is 60.7 Å². The molecular weight excluding hydrogens is 282 g/mol. The van der Waals surface area contributed by atoms with Gasteiger partial charge in [0.1, 0.15) is 5.60 Å². The van der Waals surface area contributed by atoms with E-state index in [1.54, 1.807) is 0 Å². The molecule has 0 aromatic heterocycles. The van der Waals surface area contributed by atoms with Crippen molar-refractivity contribution in [1.82, 2.24) is 4.90 Å². The molecule has 0 unspecified atom stereocenters. The highest BCUT2D eigenvalue weighted by Gasteiger charge is 2.47. The molecule has 1 fully saturated rings. The number of rotatable bonds is 4. The van der Waals surface area contributed by atoms with Crippen LogP contribution < -0.4 is 0 Å². The zero-order chi connectivity index (χ0) is 16.3. The van der Waals surface area contributed by atoms with E-state index in [1.165, 1.54) is 12.0 Å². The summed E-state index contributed by atoms with van der Waals surface area (Å²) in [6, 6.07) is 20.8. The minimum atomic E-state index is -0.800. The first-order valence-electron chi connectivity index (χ1n) is 8.60. The molecule has 2 aromatic rings. The molecule has 0 amide bonds. The molecule has 2 aromatic carbocycles. The summed E-state index contributed by atoms with van der Waals surface area (Å²) in [5, 5.41) is 11.9. The zero-order valence-electron chi connectivity index (χ0n) is 14.2. The second-order valence-electron chi connectivity index (χ2n) is 7.04. The predicted octanol–water partition coefficient (Wildman–Crippen LogP) is 4.02. The summed E-state index contributed by atoms with van der Waals surface area (Å²) in [7, 11) is 4.19. The normalized spacial score (nSPS) is 28.0. The highest BCUT2D eigenvalue weighted by atomic mass is 16.3. The lowest BCUT2D eigenvalue weighted by Gasteiger charge is -2.47. The van der Waals surface area contributed by atoms with Gasteiger partial charge in [-0.1, -0.05) is 67.1 Å². The Morgan fingerprint density at radius 2 is 1.57 bits per heavy atom. The van der Waals surface area contributed by atoms with E-state index in [0.717, 1.165) is 24.9 Å². The number of nitrogens with zero attached hydrogens (tertiary/aromatic N) is 1. The SMILES string of the molecule is CN(C)C[C@@H]1CCC[C@H](c2ccccc2)[C@]1(O)c1ccccc1. The Hall–Kier alpha value is -1.64. The molecule has 0 saturated heterocycles. The van der Waals surface area contributed by atoms with Crippen molar-refractivity contribution < 1.29 is 5.11 Å². The van der Waals surface area contributed by atoms with Gasteiger partial charge in [-0.05, 0) is 38.1 Å². The molecule has 1 aliphatic carbocycles. The summed E-state index contributed by atoms with van der Waals surface area (Å²) in [6.45, 7) is 0.911. The van der Waals surface area contributed by atoms with Crippen LogP contribution in [0.5, 0.6) is 0 Å². The Morgan fingerprint density at radius 3 is 2.17 bits per heavy atom. The fourth-order valence-electron chi connectivity index (χ4n) is 4.21. The summed E-state index contributed by atoms with van der Waals surface area (Å²) in [5.41, 5.74) is 1.51. The first kappa shape index (κ1) is 16.2. The molecule has 1 N–H and O–H groups in total. The Labute approximate surface area is 139 Å². The number of aliphatic hydroxyl groups is 1. The molecule has 0 aliphatic heterocycles. The van der Waals surface area contributed by atoms with E-state index < -0.39 is 5.60 Å². The van der Waals surface area contributed by atoms with Gasteiger partial charge in [-0.3, -0.25) is 0 Å². The molecule has 0 radical (unpaired) electrons. The predicted molar refractivity (Wildman–Crippen MR) is 95.4 cm³/mol. The molecule has 1 saturated carbocycles. The van der Waals surface area contributed by atoms with Gasteiger partial charge in [-0.15, -0.1) is 0 Å². The van der Waals surface area contributed by atoms with E-state index in [4.69, 9.17) is 0 Å². The largest absolute Gasteiger partial charge is 0.384 e. The zero-order valence-corrected chi connectivity index (χ0v) is 14.2. The van der Waals surface area contributed by atoms with Crippen molar-refractivity contribution in [2.24, 2.45) is 5.92 Å². The molecular formula is C21H27NO. The third kappa shape index (κ3) is 3.19. The van der Waals surface area contributed by atoms with Crippen LogP contribution in [-0.4, -0.2) is 30.6 Å². The van der Waals surface area contributed by atoms with Crippen LogP contribution in [0.3, 0.4) is 0 Å². The summed E-state index contributed by atoms with van der Waals surface area (Å²) in [4.78, 5) is 2.20. The van der Waals surface area contributed by atoms with Crippen molar-refractivity contribution in [1.29, 1.82) is 0 Å². The standard InChI is InChI=1S/C21H27NO/c1-22(2)16-19-14-9-15-20(17-10-5-3-6-11-17)21(19,23)18-12-7-4-8-13-18/h3-8,10-13,19-20,23H,9,14-16H2,1-2H3/t19-,20+,21-/m0/s1. The molecule has 1 aliphatic rings. The van der Waals surface area contributed by atoms with Crippen LogP contribution in [0.25, 0.3) is 0 Å². The second-order valence-corrected chi connectivity index (χ2v) is 7.04. The van der Waals surface area contributed by atoms with Gasteiger partial charge in [0, 0.05) is 18.4 Å². The minimum absolute atomic E-state index is 0.157. The smallest absolute Gasteiger partial charge is 0.100 e. The highest BCUT2D eigenvalue weighted by Crippen LogP contribution is 2.50. The van der Waals surface area contributed by atoms with Crippen LogP contribution in [0.2, 0.25) is 0 Å². The Balaban J connectivity index is 2.06. The Morgan fingerprint density at radius 1 is 0.957 bits per heavy atom. The quantitative estimate of drug-likeness (QED) is 0.922. The van der Waals surface area contributed by atoms with Crippen LogP contribution in [-0.2, 0) is 5.60 Å². The Bertz CT molecular complexity index is 610. The monoisotopic (exact) mass is 309 g/mol. The fourth-order valence-corrected chi connectivity index (χ4v) is 4.21. The molecule has 2 heteroatoms. The average Bonchev–Trinajstić information content (AvgIpc) is 2.58. The van der Waals surface area contributed by atoms with Crippen molar-refractivity contribution >= 4 is 0 Å². The third-order valence-corrected chi connectivity index (χ3v) is 5.22. The number of hydrogen-bond acceptors (Lipinski definition) is 2. The van der Waals surface area contributed by atoms with Crippen LogP contribution in [0.1, 0.15) is 36.3 Å². The summed E-state index contributed by atoms with van der Waals surface area (Å²) in [5.74, 6) is 0.406. The maximum absolute atomic E-state index is 11.9. The van der Waals surface area contributed by atoms with E-state index in [0.29, 0.717) is 0 Å². The van der Waals surface area contributed by atoms with E-state index >= 15 is 0 Å². The second kappa shape index (κ2) is 6.86. The van der Waals surface area contributed by atoms with Crippen molar-refractivity contribution in [3.05, 3.63) is 71.8 Å². The molecule has 0 bridgehead atoms. The first-order chi connectivity index (χ1) is 11.1. The van der Waals surface area contributed by atoms with Crippen LogP contribution in [0, 0.1) is 5.92 Å². The first-order valence-corrected chi connectivity index (χ1v) is 8.60. The molecule has 3 atom stereocenters. The van der Waals surface area contributed by atoms with E-state index in [-0.39, 0.29) is 11.8 Å². The maximum Gasteiger partial charge on any atom is 0.100 e. The summed E-state index contributed by atoms with van der Waals surface area (Å²) in [6.07, 6.45) is 3.29. The topological polar surface area (TPSA) is 23.5 Å². The summed E-state index contributed by atoms with van der Waals surface area (Å²) < 4.78 is 0. The van der Waals surface area contributed by atoms with Crippen LogP contribution >= 0.6 is 0 Å². The molecule has 0 heterocycles. The van der Waals surface area contributed by atoms with E-state index in [2.05, 4.69) is 55.4 Å². The minimum Gasteiger partial charge on any atom is -0.384 e. The summed E-state index contributed by atoms with van der Waals surface area (Å²) >= 11 is 0. The van der Waals surface area contributed by atoms with Crippen molar-refractivity contribution in [3.8, 4) is 0 Å². The number of benzene rings is 2. The molecule has 0 spiro atoms. The van der Waals surface area contributed by atoms with Gasteiger partial charge in [0.15, 0.2) is 0 Å². The van der Waals surface area contributed by atoms with Gasteiger partial charge in [0.05, 0.1) is 0 Å². The van der Waals surface area contributed by atoms with Gasteiger partial charge in [0.25, 0.3) is 0 Å².